The summed E-state index contributed by atoms with van der Waals surface area (Å²) in [5, 5.41) is 8.51. The normalized spacial score (nSPS) is 11.7. The van der Waals surface area contributed by atoms with Crippen LogP contribution in [-0.4, -0.2) is 75.1 Å². The van der Waals surface area contributed by atoms with Crippen molar-refractivity contribution in [2.45, 2.75) is 37.9 Å². The van der Waals surface area contributed by atoms with Crippen LogP contribution in [0, 0.1) is 11.8 Å². The minimum Gasteiger partial charge on any atom is -0.490 e. The Labute approximate surface area is 223 Å². The highest BCUT2D eigenvalue weighted by atomic mass is 33.1. The van der Waals surface area contributed by atoms with Crippen molar-refractivity contribution in [1.29, 1.82) is 0 Å². The van der Waals surface area contributed by atoms with Gasteiger partial charge in [-0.1, -0.05) is 66.8 Å². The van der Waals surface area contributed by atoms with Gasteiger partial charge in [0, 0.05) is 23.4 Å². The van der Waals surface area contributed by atoms with Crippen LogP contribution in [-0.2, 0) is 14.3 Å². The Bertz CT molecular complexity index is 894. The lowest BCUT2D eigenvalue weighted by Crippen LogP contribution is -2.30. The molecule has 0 saturated carbocycles. The van der Waals surface area contributed by atoms with Crippen molar-refractivity contribution in [3.63, 3.8) is 0 Å². The van der Waals surface area contributed by atoms with Gasteiger partial charge in [-0.25, -0.2) is 0 Å². The molecule has 0 aromatic heterocycles. The van der Waals surface area contributed by atoms with Crippen molar-refractivity contribution in [2.75, 3.05) is 53.1 Å². The first-order chi connectivity index (χ1) is 17.1. The summed E-state index contributed by atoms with van der Waals surface area (Å²) >= 11 is 0. The smallest absolute Gasteiger partial charge is 0.251 e. The second-order valence-electron chi connectivity index (χ2n) is 8.70. The van der Waals surface area contributed by atoms with E-state index in [9.17, 15) is 9.59 Å². The largest absolute Gasteiger partial charge is 0.490 e. The van der Waals surface area contributed by atoms with Crippen molar-refractivity contribution < 1.29 is 23.8 Å². The standard InChI is InChI=1S/C26H39N3O5S2/c1-20(2)9-8-12-28-23(30)18-32-15-16-33-24(35-36-26(3,4)5)19-34-22-11-7-10-21(17-22)25(31)29-14-13-27-6/h7,10-11,17,24,27H,1,12-16,18-19H2,2-6H3,(H,28,30)(H,29,31)/t24-/m0/s1. The molecule has 0 heterocycles. The van der Waals surface area contributed by atoms with Gasteiger partial charge in [-0.15, -0.1) is 0 Å². The van der Waals surface area contributed by atoms with Crippen LogP contribution >= 0.6 is 21.6 Å². The summed E-state index contributed by atoms with van der Waals surface area (Å²) < 4.78 is 17.3. The van der Waals surface area contributed by atoms with Gasteiger partial charge in [-0.05, 0) is 37.7 Å². The Morgan fingerprint density at radius 2 is 1.94 bits per heavy atom. The number of carbonyl (C=O) groups excluding carboxylic acids is 2. The van der Waals surface area contributed by atoms with E-state index in [1.165, 1.54) is 0 Å². The second kappa shape index (κ2) is 18.1. The van der Waals surface area contributed by atoms with Crippen LogP contribution in [0.3, 0.4) is 0 Å². The Morgan fingerprint density at radius 1 is 1.17 bits per heavy atom. The Morgan fingerprint density at radius 3 is 2.64 bits per heavy atom. The van der Waals surface area contributed by atoms with Crippen molar-refractivity contribution in [3.8, 4) is 17.6 Å². The summed E-state index contributed by atoms with van der Waals surface area (Å²) in [7, 11) is 5.11. The monoisotopic (exact) mass is 537 g/mol. The third-order valence-corrected chi connectivity index (χ3v) is 7.50. The average molecular weight is 538 g/mol. The molecule has 10 heteroatoms. The van der Waals surface area contributed by atoms with Gasteiger partial charge >= 0.3 is 0 Å². The van der Waals surface area contributed by atoms with Crippen LogP contribution in [0.1, 0.15) is 38.1 Å². The molecular weight excluding hydrogens is 498 g/mol. The van der Waals surface area contributed by atoms with Gasteiger partial charge in [0.1, 0.15) is 24.4 Å². The molecular formula is C26H39N3O5S2. The number of benzene rings is 1. The number of amides is 2. The number of carbonyl (C=O) groups is 2. The lowest BCUT2D eigenvalue weighted by Gasteiger charge is -2.22. The highest BCUT2D eigenvalue weighted by molar-refractivity contribution is 8.77. The van der Waals surface area contributed by atoms with E-state index in [4.69, 9.17) is 14.2 Å². The fourth-order valence-electron chi connectivity index (χ4n) is 2.39. The molecule has 1 atom stereocenters. The Hall–Kier alpha value is -2.16. The van der Waals surface area contributed by atoms with Gasteiger partial charge in [0.2, 0.25) is 5.91 Å². The topological polar surface area (TPSA) is 97.9 Å². The maximum Gasteiger partial charge on any atom is 0.251 e. The van der Waals surface area contributed by atoms with E-state index >= 15 is 0 Å². The molecule has 3 N–H and O–H groups in total. The summed E-state index contributed by atoms with van der Waals surface area (Å²) in [6, 6.07) is 7.07. The Balaban J connectivity index is 2.50. The molecule has 1 aromatic rings. The minimum atomic E-state index is -0.266. The lowest BCUT2D eigenvalue weighted by atomic mass is 10.2. The highest BCUT2D eigenvalue weighted by Gasteiger charge is 2.18. The summed E-state index contributed by atoms with van der Waals surface area (Å²) in [6.07, 6.45) is 0. The van der Waals surface area contributed by atoms with Crippen molar-refractivity contribution in [1.82, 2.24) is 16.0 Å². The molecule has 1 rings (SSSR count). The third-order valence-electron chi connectivity index (χ3n) is 3.99. The number of allylic oxidation sites excluding steroid dienone is 1. The predicted octanol–water partition coefficient (Wildman–Crippen LogP) is 3.25. The molecule has 8 nitrogen and oxygen atoms in total. The van der Waals surface area contributed by atoms with Crippen LogP contribution < -0.4 is 20.7 Å². The molecule has 2 amide bonds. The van der Waals surface area contributed by atoms with Gasteiger partial charge in [-0.3, -0.25) is 9.59 Å². The van der Waals surface area contributed by atoms with E-state index in [1.807, 2.05) is 13.1 Å². The van der Waals surface area contributed by atoms with Gasteiger partial charge in [0.15, 0.2) is 0 Å². The summed E-state index contributed by atoms with van der Waals surface area (Å²) in [4.78, 5) is 24.1. The molecule has 0 saturated heterocycles. The zero-order chi connectivity index (χ0) is 26.8. The van der Waals surface area contributed by atoms with Gasteiger partial charge in [0.25, 0.3) is 5.91 Å². The summed E-state index contributed by atoms with van der Waals surface area (Å²) in [5.74, 6) is 5.80. The first kappa shape index (κ1) is 31.9. The quantitative estimate of drug-likeness (QED) is 0.128. The predicted molar refractivity (Wildman–Crippen MR) is 149 cm³/mol. The SMILES string of the molecule is C=C(C)C#CCNC(=O)COCCO[C@H](COc1cccc(C(=O)NCCNC)c1)SSC(C)(C)C. The van der Waals surface area contributed by atoms with Crippen LogP contribution in [0.25, 0.3) is 0 Å². The van der Waals surface area contributed by atoms with E-state index in [0.29, 0.717) is 37.6 Å². The third kappa shape index (κ3) is 16.5. The molecule has 0 aliphatic heterocycles. The fourth-order valence-corrected chi connectivity index (χ4v) is 4.58. The maximum atomic E-state index is 12.3. The number of ether oxygens (including phenoxy) is 3. The molecule has 1 aromatic carbocycles. The average Bonchev–Trinajstić information content (AvgIpc) is 2.82. The Kier molecular flexibility index (Phi) is 16.1. The van der Waals surface area contributed by atoms with E-state index in [1.54, 1.807) is 46.7 Å². The molecule has 0 fully saturated rings. The van der Waals surface area contributed by atoms with Gasteiger partial charge < -0.3 is 30.2 Å². The molecule has 36 heavy (non-hydrogen) atoms. The number of hydrogen-bond donors (Lipinski definition) is 3. The van der Waals surface area contributed by atoms with E-state index in [2.05, 4.69) is 55.1 Å². The van der Waals surface area contributed by atoms with Crippen molar-refractivity contribution in [3.05, 3.63) is 42.0 Å². The number of nitrogens with one attached hydrogen (secondary N) is 3. The number of hydrogen-bond acceptors (Lipinski definition) is 8. The summed E-state index contributed by atoms with van der Waals surface area (Å²) in [5.41, 5.74) is 1.02. The molecule has 0 spiro atoms. The van der Waals surface area contributed by atoms with E-state index in [0.717, 1.165) is 5.57 Å². The zero-order valence-corrected chi connectivity index (χ0v) is 23.5. The molecule has 200 valence electrons. The van der Waals surface area contributed by atoms with E-state index in [-0.39, 0.29) is 41.8 Å². The molecule has 0 aliphatic carbocycles. The van der Waals surface area contributed by atoms with Crippen molar-refractivity contribution in [2.24, 2.45) is 0 Å². The molecule has 0 unspecified atom stereocenters. The van der Waals surface area contributed by atoms with Crippen LogP contribution in [0.15, 0.2) is 36.4 Å². The molecule has 0 radical (unpaired) electrons. The first-order valence-electron chi connectivity index (χ1n) is 11.7. The van der Waals surface area contributed by atoms with Gasteiger partial charge in [0.05, 0.1) is 19.8 Å². The second-order valence-corrected chi connectivity index (χ2v) is 11.9. The molecule has 0 aliphatic rings. The minimum absolute atomic E-state index is 0.0409. The zero-order valence-electron chi connectivity index (χ0n) is 21.9. The van der Waals surface area contributed by atoms with E-state index < -0.39 is 0 Å². The maximum absolute atomic E-state index is 12.3. The lowest BCUT2D eigenvalue weighted by molar-refractivity contribution is -0.126. The highest BCUT2D eigenvalue weighted by Crippen LogP contribution is 2.38. The molecule has 0 bridgehead atoms. The van der Waals surface area contributed by atoms with Gasteiger partial charge in [-0.2, -0.15) is 0 Å². The fraction of sp³-hybridized carbons (Fsp3) is 0.538. The van der Waals surface area contributed by atoms with Crippen LogP contribution in [0.5, 0.6) is 5.75 Å². The summed E-state index contributed by atoms with van der Waals surface area (Å²) in [6.45, 7) is 14.2. The van der Waals surface area contributed by atoms with Crippen molar-refractivity contribution >= 4 is 33.4 Å². The first-order valence-corrected chi connectivity index (χ1v) is 13.9. The number of likely N-dealkylation sites (N-methyl/N-ethyl adjacent to an activating group) is 1. The van der Waals surface area contributed by atoms with Crippen LogP contribution in [0.4, 0.5) is 0 Å². The van der Waals surface area contributed by atoms with Crippen LogP contribution in [0.2, 0.25) is 0 Å². The number of rotatable bonds is 16.